The molecule has 0 aliphatic heterocycles. The highest BCUT2D eigenvalue weighted by atomic mass is 14.4. The van der Waals surface area contributed by atoms with Crippen molar-refractivity contribution in [2.24, 2.45) is 5.92 Å². The third-order valence-electron chi connectivity index (χ3n) is 5.59. The second kappa shape index (κ2) is 4.48. The quantitative estimate of drug-likeness (QED) is 0.623. The number of hydrogen-bond donors (Lipinski definition) is 0. The Labute approximate surface area is 122 Å². The number of hydrogen-bond acceptors (Lipinski definition) is 0. The summed E-state index contributed by atoms with van der Waals surface area (Å²) in [7, 11) is 0. The molecular formula is C20H24. The van der Waals surface area contributed by atoms with Crippen LogP contribution in [0.25, 0.3) is 5.57 Å². The summed E-state index contributed by atoms with van der Waals surface area (Å²) < 4.78 is 0. The fraction of sp³-hybridized carbons (Fsp3) is 0.400. The molecular weight excluding hydrogens is 240 g/mol. The average molecular weight is 264 g/mol. The maximum Gasteiger partial charge on any atom is 0.0210 e. The summed E-state index contributed by atoms with van der Waals surface area (Å²) in [6.45, 7) is 13.8. The molecule has 3 rings (SSSR count). The first kappa shape index (κ1) is 13.4. The molecule has 20 heavy (non-hydrogen) atoms. The molecule has 0 bridgehead atoms. The topological polar surface area (TPSA) is 0 Å². The second-order valence-electron chi connectivity index (χ2n) is 6.40. The number of rotatable bonds is 1. The van der Waals surface area contributed by atoms with Gasteiger partial charge in [0, 0.05) is 11.8 Å². The van der Waals surface area contributed by atoms with E-state index in [0.29, 0.717) is 11.8 Å². The van der Waals surface area contributed by atoms with Gasteiger partial charge in [0.25, 0.3) is 0 Å². The summed E-state index contributed by atoms with van der Waals surface area (Å²) in [5.74, 6) is 1.03. The summed E-state index contributed by atoms with van der Waals surface area (Å²) in [5.41, 5.74) is 12.1. The molecule has 1 atom stereocenters. The molecule has 0 nitrogen and oxygen atoms in total. The standard InChI is InChI=1S/C20H24/c1-11-12(2)14(4)20-18(13(11)3)15(5)16(6)19(20)17-9-7-8-10-17/h7-10,15,17H,1-6H3. The van der Waals surface area contributed by atoms with E-state index in [4.69, 9.17) is 0 Å². The third kappa shape index (κ3) is 1.60. The smallest absolute Gasteiger partial charge is 0.0210 e. The minimum Gasteiger partial charge on any atom is -0.0732 e. The van der Waals surface area contributed by atoms with E-state index in [1.165, 1.54) is 27.8 Å². The molecule has 0 fully saturated rings. The van der Waals surface area contributed by atoms with Crippen molar-refractivity contribution in [3.05, 3.63) is 63.3 Å². The van der Waals surface area contributed by atoms with Crippen molar-refractivity contribution in [3.63, 3.8) is 0 Å². The fourth-order valence-electron chi connectivity index (χ4n) is 3.93. The van der Waals surface area contributed by atoms with Crippen molar-refractivity contribution in [2.75, 3.05) is 0 Å². The highest BCUT2D eigenvalue weighted by molar-refractivity contribution is 5.85. The zero-order valence-corrected chi connectivity index (χ0v) is 13.5. The molecule has 0 spiro atoms. The Kier molecular flexibility index (Phi) is 3.01. The lowest BCUT2D eigenvalue weighted by atomic mass is 9.84. The SMILES string of the molecule is CC1=C(C2C=CC=C2)c2c(C)c(C)c(C)c(C)c2C1C. The third-order valence-corrected chi connectivity index (χ3v) is 5.59. The van der Waals surface area contributed by atoms with Gasteiger partial charge >= 0.3 is 0 Å². The molecule has 0 heteroatoms. The molecule has 0 heterocycles. The van der Waals surface area contributed by atoms with Crippen LogP contribution in [0.2, 0.25) is 0 Å². The van der Waals surface area contributed by atoms with Crippen LogP contribution in [0.3, 0.4) is 0 Å². The van der Waals surface area contributed by atoms with Crippen molar-refractivity contribution in [2.45, 2.75) is 47.5 Å². The molecule has 0 saturated carbocycles. The lowest BCUT2D eigenvalue weighted by Crippen LogP contribution is -2.04. The highest BCUT2D eigenvalue weighted by Gasteiger charge is 2.32. The Bertz CT molecular complexity index is 669. The highest BCUT2D eigenvalue weighted by Crippen LogP contribution is 2.50. The van der Waals surface area contributed by atoms with Crippen molar-refractivity contribution in [1.82, 2.24) is 0 Å². The maximum atomic E-state index is 2.37. The van der Waals surface area contributed by atoms with Gasteiger partial charge in [0.05, 0.1) is 0 Å². The molecule has 0 aromatic heterocycles. The zero-order chi connectivity index (χ0) is 14.6. The van der Waals surface area contributed by atoms with Crippen LogP contribution in [-0.4, -0.2) is 0 Å². The molecule has 2 aliphatic carbocycles. The maximum absolute atomic E-state index is 2.37. The predicted molar refractivity (Wildman–Crippen MR) is 88.2 cm³/mol. The van der Waals surface area contributed by atoms with E-state index >= 15 is 0 Å². The van der Waals surface area contributed by atoms with E-state index in [1.54, 1.807) is 16.7 Å². The van der Waals surface area contributed by atoms with Gasteiger partial charge in [0.15, 0.2) is 0 Å². The Morgan fingerprint density at radius 2 is 1.30 bits per heavy atom. The minimum absolute atomic E-state index is 0.471. The van der Waals surface area contributed by atoms with E-state index in [2.05, 4.69) is 65.8 Å². The largest absolute Gasteiger partial charge is 0.0732 e. The summed E-state index contributed by atoms with van der Waals surface area (Å²) in [6.07, 6.45) is 9.00. The van der Waals surface area contributed by atoms with E-state index in [-0.39, 0.29) is 0 Å². The minimum atomic E-state index is 0.471. The molecule has 2 aliphatic rings. The Balaban J connectivity index is 2.33. The molecule has 104 valence electrons. The van der Waals surface area contributed by atoms with Gasteiger partial charge in [-0.3, -0.25) is 0 Å². The zero-order valence-electron chi connectivity index (χ0n) is 13.5. The molecule has 0 N–H and O–H groups in total. The van der Waals surface area contributed by atoms with Gasteiger partial charge in [-0.05, 0) is 73.6 Å². The Hall–Kier alpha value is -1.56. The Morgan fingerprint density at radius 1 is 0.750 bits per heavy atom. The molecule has 1 unspecified atom stereocenters. The summed E-state index contributed by atoms with van der Waals surface area (Å²) in [5, 5.41) is 0. The number of benzene rings is 1. The van der Waals surface area contributed by atoms with Crippen LogP contribution in [0, 0.1) is 33.6 Å². The lowest BCUT2D eigenvalue weighted by molar-refractivity contribution is 0.899. The van der Waals surface area contributed by atoms with Gasteiger partial charge in [-0.15, -0.1) is 0 Å². The summed E-state index contributed by atoms with van der Waals surface area (Å²) in [6, 6.07) is 0. The molecule has 0 saturated heterocycles. The van der Waals surface area contributed by atoms with Gasteiger partial charge in [-0.2, -0.15) is 0 Å². The fourth-order valence-corrected chi connectivity index (χ4v) is 3.93. The van der Waals surface area contributed by atoms with Crippen molar-refractivity contribution < 1.29 is 0 Å². The van der Waals surface area contributed by atoms with Crippen LogP contribution in [-0.2, 0) is 0 Å². The van der Waals surface area contributed by atoms with Crippen LogP contribution in [0.1, 0.15) is 53.1 Å². The number of fused-ring (bicyclic) bond motifs is 1. The van der Waals surface area contributed by atoms with Gasteiger partial charge in [0.1, 0.15) is 0 Å². The normalized spacial score (nSPS) is 21.2. The van der Waals surface area contributed by atoms with Gasteiger partial charge < -0.3 is 0 Å². The molecule has 1 aromatic rings. The second-order valence-corrected chi connectivity index (χ2v) is 6.40. The number of allylic oxidation sites excluding steroid dienone is 6. The van der Waals surface area contributed by atoms with E-state index in [1.807, 2.05) is 0 Å². The van der Waals surface area contributed by atoms with Crippen molar-refractivity contribution in [3.8, 4) is 0 Å². The van der Waals surface area contributed by atoms with Crippen LogP contribution >= 0.6 is 0 Å². The van der Waals surface area contributed by atoms with Crippen LogP contribution in [0.15, 0.2) is 29.9 Å². The van der Waals surface area contributed by atoms with Crippen molar-refractivity contribution >= 4 is 5.57 Å². The van der Waals surface area contributed by atoms with Gasteiger partial charge in [0.2, 0.25) is 0 Å². The Morgan fingerprint density at radius 3 is 1.90 bits per heavy atom. The van der Waals surface area contributed by atoms with E-state index < -0.39 is 0 Å². The first-order chi connectivity index (χ1) is 9.45. The monoisotopic (exact) mass is 264 g/mol. The summed E-state index contributed by atoms with van der Waals surface area (Å²) >= 11 is 0. The van der Waals surface area contributed by atoms with Crippen molar-refractivity contribution in [1.29, 1.82) is 0 Å². The molecule has 0 radical (unpaired) electrons. The van der Waals surface area contributed by atoms with E-state index in [9.17, 15) is 0 Å². The predicted octanol–water partition coefficient (Wildman–Crippen LogP) is 5.55. The lowest BCUT2D eigenvalue weighted by Gasteiger charge is -2.20. The van der Waals surface area contributed by atoms with Crippen LogP contribution < -0.4 is 0 Å². The first-order valence-electron chi connectivity index (χ1n) is 7.61. The van der Waals surface area contributed by atoms with E-state index in [0.717, 1.165) is 0 Å². The summed E-state index contributed by atoms with van der Waals surface area (Å²) in [4.78, 5) is 0. The first-order valence-corrected chi connectivity index (χ1v) is 7.61. The van der Waals surface area contributed by atoms with Crippen LogP contribution in [0.4, 0.5) is 0 Å². The molecule has 0 amide bonds. The molecule has 1 aromatic carbocycles. The van der Waals surface area contributed by atoms with Gasteiger partial charge in [-0.1, -0.05) is 36.8 Å². The van der Waals surface area contributed by atoms with Crippen LogP contribution in [0.5, 0.6) is 0 Å². The average Bonchev–Trinajstić information content (AvgIpc) is 3.02. The van der Waals surface area contributed by atoms with Gasteiger partial charge in [-0.25, -0.2) is 0 Å².